The molecule has 1 saturated heterocycles. The summed E-state index contributed by atoms with van der Waals surface area (Å²) in [6.45, 7) is 1.16. The molecule has 2 nitrogen and oxygen atoms in total. The highest BCUT2D eigenvalue weighted by molar-refractivity contribution is 5.62. The molecule has 1 aromatic carbocycles. The Kier molecular flexibility index (Phi) is 3.37. The van der Waals surface area contributed by atoms with Crippen LogP contribution in [-0.4, -0.2) is 17.6 Å². The monoisotopic (exact) mass is 238 g/mol. The number of nitrogens with zero attached hydrogens (tertiary/aromatic N) is 1. The highest BCUT2D eigenvalue weighted by atomic mass is 14.9. The van der Waals surface area contributed by atoms with Crippen LogP contribution in [0.25, 0.3) is 11.1 Å². The van der Waals surface area contributed by atoms with Crippen LogP contribution >= 0.6 is 0 Å². The minimum absolute atomic E-state index is 0.625. The second-order valence-electron chi connectivity index (χ2n) is 4.90. The molecule has 92 valence electrons. The van der Waals surface area contributed by atoms with E-state index in [-0.39, 0.29) is 0 Å². The van der Waals surface area contributed by atoms with Crippen molar-refractivity contribution in [3.8, 4) is 11.1 Å². The average molecular weight is 238 g/mol. The Morgan fingerprint density at radius 1 is 1.06 bits per heavy atom. The fourth-order valence-electron chi connectivity index (χ4n) is 2.53. The molecule has 1 aromatic heterocycles. The van der Waals surface area contributed by atoms with Crippen LogP contribution in [0.4, 0.5) is 0 Å². The summed E-state index contributed by atoms with van der Waals surface area (Å²) in [7, 11) is 0. The molecule has 0 spiro atoms. The number of hydrogen-bond acceptors (Lipinski definition) is 2. The maximum Gasteiger partial charge on any atom is 0.0419 e. The summed E-state index contributed by atoms with van der Waals surface area (Å²) in [5.41, 5.74) is 3.61. The van der Waals surface area contributed by atoms with Gasteiger partial charge in [0, 0.05) is 29.9 Å². The third-order valence-electron chi connectivity index (χ3n) is 3.55. The topological polar surface area (TPSA) is 24.9 Å². The standard InChI is InChI=1S/C16H18N2/c1-2-5-13(6-3-1)14-8-9-16(18-12-14)11-15-7-4-10-17-15/h1-3,5-6,8-9,12,15,17H,4,7,10-11H2. The molecule has 1 unspecified atom stereocenters. The predicted molar refractivity (Wildman–Crippen MR) is 74.4 cm³/mol. The molecule has 2 aromatic rings. The Balaban J connectivity index is 1.72. The van der Waals surface area contributed by atoms with Gasteiger partial charge in [0.1, 0.15) is 0 Å². The maximum atomic E-state index is 4.58. The van der Waals surface area contributed by atoms with Crippen molar-refractivity contribution in [1.29, 1.82) is 0 Å². The number of hydrogen-bond donors (Lipinski definition) is 1. The summed E-state index contributed by atoms with van der Waals surface area (Å²) in [4.78, 5) is 4.58. The van der Waals surface area contributed by atoms with E-state index in [1.54, 1.807) is 0 Å². The summed E-state index contributed by atoms with van der Waals surface area (Å²) < 4.78 is 0. The molecule has 1 aliphatic rings. The van der Waals surface area contributed by atoms with Crippen molar-refractivity contribution in [2.24, 2.45) is 0 Å². The summed E-state index contributed by atoms with van der Waals surface area (Å²) in [6.07, 6.45) is 5.61. The number of nitrogens with one attached hydrogen (secondary N) is 1. The normalized spacial score (nSPS) is 19.0. The van der Waals surface area contributed by atoms with Gasteiger partial charge in [0.2, 0.25) is 0 Å². The minimum atomic E-state index is 0.625. The highest BCUT2D eigenvalue weighted by Crippen LogP contribution is 2.18. The Morgan fingerprint density at radius 2 is 1.94 bits per heavy atom. The number of pyridine rings is 1. The fraction of sp³-hybridized carbons (Fsp3) is 0.312. The van der Waals surface area contributed by atoms with Crippen molar-refractivity contribution < 1.29 is 0 Å². The summed E-state index contributed by atoms with van der Waals surface area (Å²) >= 11 is 0. The van der Waals surface area contributed by atoms with E-state index in [0.29, 0.717) is 6.04 Å². The molecular formula is C16H18N2. The SMILES string of the molecule is c1ccc(-c2ccc(CC3CCCN3)nc2)cc1. The first kappa shape index (κ1) is 11.4. The Bertz CT molecular complexity index is 484. The lowest BCUT2D eigenvalue weighted by Gasteiger charge is -2.09. The molecule has 0 amide bonds. The quantitative estimate of drug-likeness (QED) is 0.889. The van der Waals surface area contributed by atoms with Crippen LogP contribution in [0, 0.1) is 0 Å². The third-order valence-corrected chi connectivity index (χ3v) is 3.55. The zero-order valence-corrected chi connectivity index (χ0v) is 10.5. The zero-order chi connectivity index (χ0) is 12.2. The predicted octanol–water partition coefficient (Wildman–Crippen LogP) is 3.04. The summed E-state index contributed by atoms with van der Waals surface area (Å²) in [6, 6.07) is 15.4. The van der Waals surface area contributed by atoms with Crippen LogP contribution in [0.5, 0.6) is 0 Å². The van der Waals surface area contributed by atoms with Gasteiger partial charge < -0.3 is 5.32 Å². The fourth-order valence-corrected chi connectivity index (χ4v) is 2.53. The van der Waals surface area contributed by atoms with Gasteiger partial charge in [0.25, 0.3) is 0 Å². The molecule has 1 N–H and O–H groups in total. The van der Waals surface area contributed by atoms with Crippen molar-refractivity contribution >= 4 is 0 Å². The Hall–Kier alpha value is -1.67. The molecule has 18 heavy (non-hydrogen) atoms. The first-order valence-electron chi connectivity index (χ1n) is 6.65. The second-order valence-corrected chi connectivity index (χ2v) is 4.90. The van der Waals surface area contributed by atoms with E-state index in [0.717, 1.165) is 13.0 Å². The van der Waals surface area contributed by atoms with Crippen LogP contribution in [-0.2, 0) is 6.42 Å². The number of aromatic nitrogens is 1. The van der Waals surface area contributed by atoms with Crippen LogP contribution in [0.3, 0.4) is 0 Å². The van der Waals surface area contributed by atoms with Gasteiger partial charge in [-0.05, 0) is 31.0 Å². The van der Waals surface area contributed by atoms with Crippen molar-refractivity contribution in [2.75, 3.05) is 6.54 Å². The van der Waals surface area contributed by atoms with E-state index >= 15 is 0 Å². The second kappa shape index (κ2) is 5.32. The molecule has 0 saturated carbocycles. The molecular weight excluding hydrogens is 220 g/mol. The maximum absolute atomic E-state index is 4.58. The first-order valence-corrected chi connectivity index (χ1v) is 6.65. The van der Waals surface area contributed by atoms with E-state index < -0.39 is 0 Å². The van der Waals surface area contributed by atoms with Gasteiger partial charge in [-0.1, -0.05) is 36.4 Å². The molecule has 2 heterocycles. The van der Waals surface area contributed by atoms with Gasteiger partial charge in [0.05, 0.1) is 0 Å². The Labute approximate surface area is 108 Å². The van der Waals surface area contributed by atoms with Crippen LogP contribution in [0.1, 0.15) is 18.5 Å². The zero-order valence-electron chi connectivity index (χ0n) is 10.5. The Morgan fingerprint density at radius 3 is 2.61 bits per heavy atom. The molecule has 0 radical (unpaired) electrons. The lowest BCUT2D eigenvalue weighted by atomic mass is 10.1. The van der Waals surface area contributed by atoms with E-state index in [9.17, 15) is 0 Å². The smallest absolute Gasteiger partial charge is 0.0419 e. The molecule has 1 aliphatic heterocycles. The molecule has 1 fully saturated rings. The molecule has 2 heteroatoms. The lowest BCUT2D eigenvalue weighted by Crippen LogP contribution is -2.23. The third kappa shape index (κ3) is 2.59. The summed E-state index contributed by atoms with van der Waals surface area (Å²) in [5.74, 6) is 0. The van der Waals surface area contributed by atoms with E-state index in [1.165, 1.54) is 29.7 Å². The van der Waals surface area contributed by atoms with Gasteiger partial charge in [-0.25, -0.2) is 0 Å². The first-order chi connectivity index (χ1) is 8.92. The van der Waals surface area contributed by atoms with Crippen LogP contribution < -0.4 is 5.32 Å². The van der Waals surface area contributed by atoms with Gasteiger partial charge in [-0.15, -0.1) is 0 Å². The van der Waals surface area contributed by atoms with Crippen LogP contribution in [0.2, 0.25) is 0 Å². The summed E-state index contributed by atoms with van der Waals surface area (Å²) in [5, 5.41) is 3.51. The van der Waals surface area contributed by atoms with E-state index in [4.69, 9.17) is 0 Å². The lowest BCUT2D eigenvalue weighted by molar-refractivity contribution is 0.595. The van der Waals surface area contributed by atoms with Gasteiger partial charge >= 0.3 is 0 Å². The van der Waals surface area contributed by atoms with Crippen LogP contribution in [0.15, 0.2) is 48.7 Å². The van der Waals surface area contributed by atoms with Crippen molar-refractivity contribution in [3.05, 3.63) is 54.4 Å². The minimum Gasteiger partial charge on any atom is -0.314 e. The number of benzene rings is 1. The van der Waals surface area contributed by atoms with E-state index in [1.807, 2.05) is 12.3 Å². The molecule has 1 atom stereocenters. The van der Waals surface area contributed by atoms with Gasteiger partial charge in [0.15, 0.2) is 0 Å². The number of rotatable bonds is 3. The molecule has 0 aliphatic carbocycles. The van der Waals surface area contributed by atoms with Crippen molar-refractivity contribution in [3.63, 3.8) is 0 Å². The van der Waals surface area contributed by atoms with Crippen molar-refractivity contribution in [1.82, 2.24) is 10.3 Å². The van der Waals surface area contributed by atoms with Gasteiger partial charge in [-0.2, -0.15) is 0 Å². The molecule has 0 bridgehead atoms. The average Bonchev–Trinajstić information content (AvgIpc) is 2.94. The van der Waals surface area contributed by atoms with Gasteiger partial charge in [-0.3, -0.25) is 4.98 Å². The van der Waals surface area contributed by atoms with E-state index in [2.05, 4.69) is 46.7 Å². The van der Waals surface area contributed by atoms with Crippen molar-refractivity contribution in [2.45, 2.75) is 25.3 Å². The largest absolute Gasteiger partial charge is 0.314 e. The molecule has 3 rings (SSSR count). The highest BCUT2D eigenvalue weighted by Gasteiger charge is 2.14.